The van der Waals surface area contributed by atoms with Crippen LogP contribution in [0.1, 0.15) is 12.0 Å². The summed E-state index contributed by atoms with van der Waals surface area (Å²) >= 11 is 1.90. The molecule has 1 aliphatic rings. The van der Waals surface area contributed by atoms with Crippen LogP contribution in [0.3, 0.4) is 0 Å². The summed E-state index contributed by atoms with van der Waals surface area (Å²) in [5.41, 5.74) is 6.41. The summed E-state index contributed by atoms with van der Waals surface area (Å²) in [6.07, 6.45) is 1.67. The standard InChI is InChI=1S/C13H17NO3S/c14-12(13(15)16)7-9-2-1-3-10(6-9)17-11-4-5-18-8-11/h1-3,6,11-12H,4-5,7-8,14H2,(H,15,16). The van der Waals surface area contributed by atoms with Gasteiger partial charge in [-0.3, -0.25) is 4.79 Å². The fourth-order valence-electron chi connectivity index (χ4n) is 1.89. The van der Waals surface area contributed by atoms with Crippen LogP contribution >= 0.6 is 11.8 Å². The van der Waals surface area contributed by atoms with Gasteiger partial charge >= 0.3 is 5.97 Å². The van der Waals surface area contributed by atoms with Crippen molar-refractivity contribution in [3.63, 3.8) is 0 Å². The molecule has 0 aliphatic carbocycles. The molecule has 4 nitrogen and oxygen atoms in total. The third kappa shape index (κ3) is 3.65. The van der Waals surface area contributed by atoms with Crippen LogP contribution in [0.5, 0.6) is 5.75 Å². The van der Waals surface area contributed by atoms with E-state index in [4.69, 9.17) is 15.6 Å². The zero-order valence-electron chi connectivity index (χ0n) is 10.0. The first-order valence-corrected chi connectivity index (χ1v) is 7.12. The van der Waals surface area contributed by atoms with Gasteiger partial charge < -0.3 is 15.6 Å². The lowest BCUT2D eigenvalue weighted by Crippen LogP contribution is -2.32. The number of aliphatic carboxylic acids is 1. The molecule has 1 aromatic carbocycles. The highest BCUT2D eigenvalue weighted by Gasteiger charge is 2.17. The maximum absolute atomic E-state index is 10.7. The molecule has 0 aromatic heterocycles. The number of rotatable bonds is 5. The molecule has 2 atom stereocenters. The monoisotopic (exact) mass is 267 g/mol. The molecule has 0 saturated carbocycles. The quantitative estimate of drug-likeness (QED) is 0.846. The van der Waals surface area contributed by atoms with Gasteiger partial charge in [-0.05, 0) is 36.3 Å². The van der Waals surface area contributed by atoms with Crippen molar-refractivity contribution in [3.05, 3.63) is 29.8 Å². The number of carboxylic acid groups (broad SMARTS) is 1. The summed E-state index contributed by atoms with van der Waals surface area (Å²) in [5, 5.41) is 8.78. The summed E-state index contributed by atoms with van der Waals surface area (Å²) in [5.74, 6) is 2.00. The maximum atomic E-state index is 10.7. The molecule has 0 bridgehead atoms. The average Bonchev–Trinajstić information content (AvgIpc) is 2.82. The molecule has 2 unspecified atom stereocenters. The number of thioether (sulfide) groups is 1. The minimum atomic E-state index is -0.978. The third-order valence-electron chi connectivity index (χ3n) is 2.86. The van der Waals surface area contributed by atoms with Gasteiger partial charge in [-0.2, -0.15) is 11.8 Å². The average molecular weight is 267 g/mol. The third-order valence-corrected chi connectivity index (χ3v) is 3.99. The van der Waals surface area contributed by atoms with Crippen molar-refractivity contribution >= 4 is 17.7 Å². The second kappa shape index (κ2) is 6.11. The van der Waals surface area contributed by atoms with E-state index in [0.717, 1.165) is 29.2 Å². The Labute approximate surface area is 111 Å². The van der Waals surface area contributed by atoms with Crippen LogP contribution in [0.4, 0.5) is 0 Å². The van der Waals surface area contributed by atoms with Crippen LogP contribution < -0.4 is 10.5 Å². The van der Waals surface area contributed by atoms with Crippen molar-refractivity contribution in [3.8, 4) is 5.75 Å². The predicted molar refractivity (Wildman–Crippen MR) is 72.1 cm³/mol. The van der Waals surface area contributed by atoms with Crippen LogP contribution in [-0.4, -0.2) is 34.7 Å². The fourth-order valence-corrected chi connectivity index (χ4v) is 2.98. The number of hydrogen-bond acceptors (Lipinski definition) is 4. The summed E-state index contributed by atoms with van der Waals surface area (Å²) in [7, 11) is 0. The Morgan fingerprint density at radius 2 is 2.44 bits per heavy atom. The predicted octanol–water partition coefficient (Wildman–Crippen LogP) is 1.53. The van der Waals surface area contributed by atoms with Crippen molar-refractivity contribution in [2.75, 3.05) is 11.5 Å². The van der Waals surface area contributed by atoms with Crippen molar-refractivity contribution in [1.82, 2.24) is 0 Å². The molecule has 0 spiro atoms. The molecular formula is C13H17NO3S. The maximum Gasteiger partial charge on any atom is 0.320 e. The first kappa shape index (κ1) is 13.2. The van der Waals surface area contributed by atoms with Crippen LogP contribution in [0.25, 0.3) is 0 Å². The molecule has 1 saturated heterocycles. The number of carbonyl (C=O) groups is 1. The first-order chi connectivity index (χ1) is 8.65. The molecule has 0 amide bonds. The van der Waals surface area contributed by atoms with Gasteiger partial charge in [0.25, 0.3) is 0 Å². The van der Waals surface area contributed by atoms with E-state index in [9.17, 15) is 4.79 Å². The topological polar surface area (TPSA) is 72.5 Å². The minimum Gasteiger partial charge on any atom is -0.490 e. The zero-order chi connectivity index (χ0) is 13.0. The lowest BCUT2D eigenvalue weighted by Gasteiger charge is -2.14. The van der Waals surface area contributed by atoms with Crippen LogP contribution in [0.15, 0.2) is 24.3 Å². The lowest BCUT2D eigenvalue weighted by atomic mass is 10.1. The lowest BCUT2D eigenvalue weighted by molar-refractivity contribution is -0.138. The highest BCUT2D eigenvalue weighted by atomic mass is 32.2. The molecule has 98 valence electrons. The van der Waals surface area contributed by atoms with Gasteiger partial charge in [-0.1, -0.05) is 12.1 Å². The smallest absolute Gasteiger partial charge is 0.320 e. The van der Waals surface area contributed by atoms with Crippen molar-refractivity contribution < 1.29 is 14.6 Å². The molecule has 1 aromatic rings. The first-order valence-electron chi connectivity index (χ1n) is 5.97. The van der Waals surface area contributed by atoms with Gasteiger partial charge in [0, 0.05) is 5.75 Å². The highest BCUT2D eigenvalue weighted by molar-refractivity contribution is 7.99. The second-order valence-corrected chi connectivity index (χ2v) is 5.55. The van der Waals surface area contributed by atoms with Gasteiger partial charge in [0.15, 0.2) is 0 Å². The van der Waals surface area contributed by atoms with Crippen LogP contribution in [0, 0.1) is 0 Å². The number of ether oxygens (including phenoxy) is 1. The fraction of sp³-hybridized carbons (Fsp3) is 0.462. The van der Waals surface area contributed by atoms with Gasteiger partial charge in [-0.15, -0.1) is 0 Å². The van der Waals surface area contributed by atoms with E-state index < -0.39 is 12.0 Å². The van der Waals surface area contributed by atoms with E-state index in [1.807, 2.05) is 36.0 Å². The van der Waals surface area contributed by atoms with Crippen LogP contribution in [0.2, 0.25) is 0 Å². The van der Waals surface area contributed by atoms with E-state index in [2.05, 4.69) is 0 Å². The summed E-state index contributed by atoms with van der Waals surface area (Å²) in [6.45, 7) is 0. The summed E-state index contributed by atoms with van der Waals surface area (Å²) in [6, 6.07) is 6.67. The molecule has 2 rings (SSSR count). The Kier molecular flexibility index (Phi) is 4.49. The summed E-state index contributed by atoms with van der Waals surface area (Å²) in [4.78, 5) is 10.7. The largest absolute Gasteiger partial charge is 0.490 e. The number of benzene rings is 1. The highest BCUT2D eigenvalue weighted by Crippen LogP contribution is 2.23. The number of nitrogens with two attached hydrogens (primary N) is 1. The van der Waals surface area contributed by atoms with Crippen molar-refractivity contribution in [2.24, 2.45) is 5.73 Å². The Balaban J connectivity index is 1.98. The molecule has 1 fully saturated rings. The Bertz CT molecular complexity index is 418. The van der Waals surface area contributed by atoms with Gasteiger partial charge in [0.1, 0.15) is 17.9 Å². The minimum absolute atomic E-state index is 0.276. The molecular weight excluding hydrogens is 250 g/mol. The van der Waals surface area contributed by atoms with E-state index in [1.54, 1.807) is 0 Å². The van der Waals surface area contributed by atoms with E-state index in [-0.39, 0.29) is 6.10 Å². The molecule has 3 N–H and O–H groups in total. The molecule has 1 aliphatic heterocycles. The Morgan fingerprint density at radius 1 is 1.61 bits per heavy atom. The van der Waals surface area contributed by atoms with Crippen molar-refractivity contribution in [2.45, 2.75) is 25.0 Å². The molecule has 1 heterocycles. The molecule has 5 heteroatoms. The normalized spacial score (nSPS) is 20.6. The zero-order valence-corrected chi connectivity index (χ0v) is 10.9. The van der Waals surface area contributed by atoms with E-state index >= 15 is 0 Å². The SMILES string of the molecule is NC(Cc1cccc(OC2CCSC2)c1)C(=O)O. The van der Waals surface area contributed by atoms with Crippen LogP contribution in [-0.2, 0) is 11.2 Å². The number of carboxylic acids is 1. The van der Waals surface area contributed by atoms with Gasteiger partial charge in [0.05, 0.1) is 0 Å². The number of hydrogen-bond donors (Lipinski definition) is 2. The van der Waals surface area contributed by atoms with Gasteiger partial charge in [0.2, 0.25) is 0 Å². The summed E-state index contributed by atoms with van der Waals surface area (Å²) < 4.78 is 5.85. The second-order valence-electron chi connectivity index (χ2n) is 4.40. The van der Waals surface area contributed by atoms with Crippen molar-refractivity contribution in [1.29, 1.82) is 0 Å². The Hall–Kier alpha value is -1.20. The van der Waals surface area contributed by atoms with E-state index in [1.165, 1.54) is 0 Å². The van der Waals surface area contributed by atoms with E-state index in [0.29, 0.717) is 6.42 Å². The molecule has 0 radical (unpaired) electrons. The van der Waals surface area contributed by atoms with Gasteiger partial charge in [-0.25, -0.2) is 0 Å². The Morgan fingerprint density at radius 3 is 3.11 bits per heavy atom. The molecule has 18 heavy (non-hydrogen) atoms.